The minimum atomic E-state index is 0.401. The molecule has 0 aliphatic heterocycles. The van der Waals surface area contributed by atoms with Gasteiger partial charge in [-0.1, -0.05) is 18.2 Å². The molecule has 1 heterocycles. The number of aromatic nitrogens is 1. The Balaban J connectivity index is 1.88. The Hall–Kier alpha value is -2.03. The molecule has 0 radical (unpaired) electrons. The summed E-state index contributed by atoms with van der Waals surface area (Å²) in [5, 5.41) is 0. The van der Waals surface area contributed by atoms with Crippen LogP contribution in [0.1, 0.15) is 37.1 Å². The number of hydrogen-bond acceptors (Lipinski definition) is 3. The molecule has 110 valence electrons. The van der Waals surface area contributed by atoms with Crippen molar-refractivity contribution in [3.05, 3.63) is 53.2 Å². The summed E-state index contributed by atoms with van der Waals surface area (Å²) in [6.07, 6.45) is 3.54. The maximum atomic E-state index is 5.89. The van der Waals surface area contributed by atoms with Gasteiger partial charge >= 0.3 is 0 Å². The molecule has 0 spiro atoms. The summed E-state index contributed by atoms with van der Waals surface area (Å²) < 4.78 is 0. The van der Waals surface area contributed by atoms with Crippen molar-refractivity contribution in [3.8, 4) is 0 Å². The van der Waals surface area contributed by atoms with E-state index in [2.05, 4.69) is 36.9 Å². The lowest BCUT2D eigenvalue weighted by molar-refractivity contribution is 0.670. The molecule has 0 saturated carbocycles. The first-order valence-electron chi connectivity index (χ1n) is 7.73. The third-order valence-corrected chi connectivity index (χ3v) is 4.14. The second kappa shape index (κ2) is 5.76. The Kier molecular flexibility index (Phi) is 3.82. The number of rotatable bonds is 4. The molecule has 3 nitrogen and oxygen atoms in total. The minimum absolute atomic E-state index is 0.401. The van der Waals surface area contributed by atoms with Crippen LogP contribution in [0.15, 0.2) is 36.4 Å². The van der Waals surface area contributed by atoms with E-state index in [1.54, 1.807) is 0 Å². The molecule has 3 rings (SSSR count). The van der Waals surface area contributed by atoms with E-state index in [1.165, 1.54) is 29.7 Å². The molecule has 2 N–H and O–H groups in total. The van der Waals surface area contributed by atoms with Crippen molar-refractivity contribution in [2.75, 3.05) is 10.6 Å². The fraction of sp³-hybridized carbons (Fsp3) is 0.389. The van der Waals surface area contributed by atoms with Gasteiger partial charge in [0.2, 0.25) is 0 Å². The van der Waals surface area contributed by atoms with Crippen LogP contribution in [0.3, 0.4) is 0 Å². The highest BCUT2D eigenvalue weighted by molar-refractivity contribution is 5.47. The van der Waals surface area contributed by atoms with Crippen LogP contribution in [0.25, 0.3) is 0 Å². The second-order valence-corrected chi connectivity index (χ2v) is 6.10. The van der Waals surface area contributed by atoms with Crippen LogP contribution in [0.4, 0.5) is 11.5 Å². The lowest BCUT2D eigenvalue weighted by atomic mass is 10.1. The number of hydrogen-bond donors (Lipinski definition) is 1. The van der Waals surface area contributed by atoms with Crippen LogP contribution >= 0.6 is 0 Å². The molecule has 1 aromatic heterocycles. The molecule has 21 heavy (non-hydrogen) atoms. The van der Waals surface area contributed by atoms with Gasteiger partial charge in [-0.15, -0.1) is 0 Å². The average Bonchev–Trinajstić information content (AvgIpc) is 2.92. The van der Waals surface area contributed by atoms with Gasteiger partial charge in [0.15, 0.2) is 0 Å². The summed E-state index contributed by atoms with van der Waals surface area (Å²) in [5.41, 5.74) is 10.6. The first-order chi connectivity index (χ1) is 10.1. The number of nitrogen functional groups attached to an aromatic ring is 1. The topological polar surface area (TPSA) is 42.1 Å². The van der Waals surface area contributed by atoms with Gasteiger partial charge in [0.25, 0.3) is 0 Å². The van der Waals surface area contributed by atoms with Crippen molar-refractivity contribution in [2.24, 2.45) is 0 Å². The Labute approximate surface area is 126 Å². The van der Waals surface area contributed by atoms with E-state index in [0.717, 1.165) is 24.5 Å². The second-order valence-electron chi connectivity index (χ2n) is 6.10. The van der Waals surface area contributed by atoms with E-state index in [9.17, 15) is 0 Å². The van der Waals surface area contributed by atoms with Crippen molar-refractivity contribution in [3.63, 3.8) is 0 Å². The van der Waals surface area contributed by atoms with Crippen LogP contribution in [0.5, 0.6) is 0 Å². The molecule has 0 unspecified atom stereocenters. The molecule has 0 fully saturated rings. The highest BCUT2D eigenvalue weighted by atomic mass is 15.2. The highest BCUT2D eigenvalue weighted by Crippen LogP contribution is 2.25. The molecule has 0 amide bonds. The molecule has 1 aromatic carbocycles. The van der Waals surface area contributed by atoms with Crippen LogP contribution in [0, 0.1) is 0 Å². The van der Waals surface area contributed by atoms with Gasteiger partial charge in [0, 0.05) is 24.0 Å². The third-order valence-electron chi connectivity index (χ3n) is 4.14. The number of nitrogens with two attached hydrogens (primary N) is 1. The lowest BCUT2D eigenvalue weighted by Crippen LogP contribution is -2.31. The summed E-state index contributed by atoms with van der Waals surface area (Å²) in [6, 6.07) is 12.9. The van der Waals surface area contributed by atoms with E-state index in [0.29, 0.717) is 6.04 Å². The van der Waals surface area contributed by atoms with Crippen LogP contribution in [0.2, 0.25) is 0 Å². The van der Waals surface area contributed by atoms with Crippen molar-refractivity contribution < 1.29 is 0 Å². The van der Waals surface area contributed by atoms with Crippen molar-refractivity contribution in [1.82, 2.24) is 4.98 Å². The predicted molar refractivity (Wildman–Crippen MR) is 88.4 cm³/mol. The largest absolute Gasteiger partial charge is 0.399 e. The quantitative estimate of drug-likeness (QED) is 0.871. The number of anilines is 2. The number of aryl methyl sites for hydroxylation is 2. The molecular formula is C18H23N3. The molecule has 1 aliphatic rings. The molecular weight excluding hydrogens is 258 g/mol. The van der Waals surface area contributed by atoms with Crippen molar-refractivity contribution >= 4 is 11.5 Å². The summed E-state index contributed by atoms with van der Waals surface area (Å²) >= 11 is 0. The van der Waals surface area contributed by atoms with Crippen molar-refractivity contribution in [2.45, 2.75) is 45.7 Å². The number of fused-ring (bicyclic) bond motifs is 1. The van der Waals surface area contributed by atoms with E-state index < -0.39 is 0 Å². The molecule has 0 atom stereocenters. The maximum absolute atomic E-state index is 5.89. The van der Waals surface area contributed by atoms with Gasteiger partial charge < -0.3 is 10.6 Å². The van der Waals surface area contributed by atoms with Gasteiger partial charge in [0.1, 0.15) is 5.82 Å². The summed E-state index contributed by atoms with van der Waals surface area (Å²) in [4.78, 5) is 7.23. The summed E-state index contributed by atoms with van der Waals surface area (Å²) in [7, 11) is 0. The van der Waals surface area contributed by atoms with Gasteiger partial charge in [-0.2, -0.15) is 0 Å². The van der Waals surface area contributed by atoms with Crippen molar-refractivity contribution in [1.29, 1.82) is 0 Å². The third kappa shape index (κ3) is 3.02. The molecule has 3 heteroatoms. The standard InChI is InChI=1S/C18H23N3/c1-13(2)21(12-14-5-3-7-16(19)11-14)18-10-9-15-6-4-8-17(15)20-18/h3,5,7,9-11,13H,4,6,8,12,19H2,1-2H3. The van der Waals surface area contributed by atoms with Crippen LogP contribution in [-0.4, -0.2) is 11.0 Å². The first-order valence-corrected chi connectivity index (χ1v) is 7.73. The van der Waals surface area contributed by atoms with Gasteiger partial charge in [-0.25, -0.2) is 4.98 Å². The summed E-state index contributed by atoms with van der Waals surface area (Å²) in [5.74, 6) is 1.08. The SMILES string of the molecule is CC(C)N(Cc1cccc(N)c1)c1ccc2c(n1)CCC2. The van der Waals surface area contributed by atoms with Crippen LogP contribution < -0.4 is 10.6 Å². The predicted octanol–water partition coefficient (Wildman–Crippen LogP) is 3.57. The van der Waals surface area contributed by atoms with E-state index in [-0.39, 0.29) is 0 Å². The molecule has 0 bridgehead atoms. The highest BCUT2D eigenvalue weighted by Gasteiger charge is 2.17. The zero-order chi connectivity index (χ0) is 14.8. The summed E-state index contributed by atoms with van der Waals surface area (Å²) in [6.45, 7) is 5.26. The minimum Gasteiger partial charge on any atom is -0.399 e. The van der Waals surface area contributed by atoms with E-state index in [4.69, 9.17) is 10.7 Å². The number of nitrogens with zero attached hydrogens (tertiary/aromatic N) is 2. The molecule has 0 saturated heterocycles. The number of pyridine rings is 1. The monoisotopic (exact) mass is 281 g/mol. The van der Waals surface area contributed by atoms with Gasteiger partial charge in [-0.3, -0.25) is 0 Å². The fourth-order valence-corrected chi connectivity index (χ4v) is 2.99. The van der Waals surface area contributed by atoms with E-state index in [1.807, 2.05) is 18.2 Å². The van der Waals surface area contributed by atoms with E-state index >= 15 is 0 Å². The fourth-order valence-electron chi connectivity index (χ4n) is 2.99. The normalized spacial score (nSPS) is 13.5. The zero-order valence-corrected chi connectivity index (χ0v) is 12.8. The van der Waals surface area contributed by atoms with Gasteiger partial charge in [0.05, 0.1) is 0 Å². The maximum Gasteiger partial charge on any atom is 0.129 e. The molecule has 1 aliphatic carbocycles. The first kappa shape index (κ1) is 13.9. The zero-order valence-electron chi connectivity index (χ0n) is 12.8. The Morgan fingerprint density at radius 3 is 2.81 bits per heavy atom. The van der Waals surface area contributed by atoms with Gasteiger partial charge in [-0.05, 0) is 62.4 Å². The average molecular weight is 281 g/mol. The lowest BCUT2D eigenvalue weighted by Gasteiger charge is -2.28. The van der Waals surface area contributed by atoms with Crippen LogP contribution in [-0.2, 0) is 19.4 Å². The Morgan fingerprint density at radius 2 is 2.05 bits per heavy atom. The molecule has 2 aromatic rings. The Morgan fingerprint density at radius 1 is 1.19 bits per heavy atom. The Bertz CT molecular complexity index is 634. The number of benzene rings is 1. The smallest absolute Gasteiger partial charge is 0.129 e.